The highest BCUT2D eigenvalue weighted by Gasteiger charge is 2.46. The van der Waals surface area contributed by atoms with Gasteiger partial charge in [-0.3, -0.25) is 9.59 Å². The molecule has 7 nitrogen and oxygen atoms in total. The van der Waals surface area contributed by atoms with Gasteiger partial charge in [-0.2, -0.15) is 0 Å². The maximum atomic E-state index is 13.2. The number of benzene rings is 3. The van der Waals surface area contributed by atoms with Gasteiger partial charge in [0.2, 0.25) is 0 Å². The summed E-state index contributed by atoms with van der Waals surface area (Å²) in [4.78, 5) is 27.7. The fourth-order valence-electron chi connectivity index (χ4n) is 4.19. The Kier molecular flexibility index (Phi) is 6.98. The Morgan fingerprint density at radius 2 is 1.69 bits per heavy atom. The molecule has 3 aromatic carbocycles. The number of hydrogen-bond acceptors (Lipinski definition) is 6. The molecule has 1 aliphatic rings. The van der Waals surface area contributed by atoms with Gasteiger partial charge in [0.15, 0.2) is 11.5 Å². The highest BCUT2D eigenvalue weighted by atomic mass is 35.5. The van der Waals surface area contributed by atoms with E-state index in [2.05, 4.69) is 0 Å². The van der Waals surface area contributed by atoms with Crippen LogP contribution in [0.15, 0.2) is 72.3 Å². The van der Waals surface area contributed by atoms with Crippen LogP contribution in [0.5, 0.6) is 17.2 Å². The number of phenolic OH excluding ortho intramolecular Hbond substituents is 1. The number of amides is 1. The van der Waals surface area contributed by atoms with E-state index in [0.717, 1.165) is 5.56 Å². The van der Waals surface area contributed by atoms with Gasteiger partial charge in [-0.1, -0.05) is 35.9 Å². The number of halogens is 1. The number of methoxy groups -OCH3 is 2. The summed E-state index contributed by atoms with van der Waals surface area (Å²) in [5.74, 6) is -1.07. The first-order valence-corrected chi connectivity index (χ1v) is 11.3. The second-order valence-electron chi connectivity index (χ2n) is 8.03. The lowest BCUT2D eigenvalue weighted by Gasteiger charge is -2.25. The smallest absolute Gasteiger partial charge is 0.295 e. The van der Waals surface area contributed by atoms with Crippen LogP contribution in [0.4, 0.5) is 0 Å². The van der Waals surface area contributed by atoms with E-state index in [-0.39, 0.29) is 23.6 Å². The number of rotatable bonds is 7. The van der Waals surface area contributed by atoms with Crippen molar-refractivity contribution in [2.75, 3.05) is 20.8 Å². The summed E-state index contributed by atoms with van der Waals surface area (Å²) in [6.07, 6.45) is 0.468. The number of ketones is 1. The van der Waals surface area contributed by atoms with Crippen molar-refractivity contribution < 1.29 is 29.3 Å². The number of carbonyl (C=O) groups excluding carboxylic acids is 2. The van der Waals surface area contributed by atoms with Gasteiger partial charge in [0, 0.05) is 17.1 Å². The lowest BCUT2D eigenvalue weighted by atomic mass is 9.95. The Labute approximate surface area is 207 Å². The largest absolute Gasteiger partial charge is 0.508 e. The van der Waals surface area contributed by atoms with E-state index in [1.54, 1.807) is 36.4 Å². The quantitative estimate of drug-likeness (QED) is 0.281. The lowest BCUT2D eigenvalue weighted by Crippen LogP contribution is -2.31. The molecular weight excluding hydrogens is 470 g/mol. The lowest BCUT2D eigenvalue weighted by molar-refractivity contribution is -0.139. The molecule has 0 aliphatic carbocycles. The number of aromatic hydroxyl groups is 1. The third-order valence-corrected chi connectivity index (χ3v) is 6.19. The molecule has 2 N–H and O–H groups in total. The number of ether oxygens (including phenoxy) is 2. The van der Waals surface area contributed by atoms with Gasteiger partial charge in [-0.25, -0.2) is 0 Å². The Balaban J connectivity index is 1.79. The fraction of sp³-hybridized carbons (Fsp3) is 0.185. The second kappa shape index (κ2) is 10.1. The molecule has 180 valence electrons. The van der Waals surface area contributed by atoms with Crippen LogP contribution in [0.25, 0.3) is 5.76 Å². The molecule has 1 unspecified atom stereocenters. The van der Waals surface area contributed by atoms with Crippen LogP contribution in [-0.2, 0) is 16.0 Å². The number of phenols is 1. The number of likely N-dealkylation sites (tertiary alicyclic amines) is 1. The highest BCUT2D eigenvalue weighted by molar-refractivity contribution is 6.46. The molecule has 35 heavy (non-hydrogen) atoms. The maximum Gasteiger partial charge on any atom is 0.295 e. The van der Waals surface area contributed by atoms with Crippen LogP contribution in [-0.4, -0.2) is 47.6 Å². The zero-order chi connectivity index (χ0) is 25.1. The molecule has 4 rings (SSSR count). The van der Waals surface area contributed by atoms with Crippen molar-refractivity contribution in [1.29, 1.82) is 0 Å². The number of nitrogens with zero attached hydrogens (tertiary/aromatic N) is 1. The molecule has 8 heteroatoms. The summed E-state index contributed by atoms with van der Waals surface area (Å²) in [6, 6.07) is 17.4. The van der Waals surface area contributed by atoms with Crippen molar-refractivity contribution >= 4 is 29.1 Å². The first-order chi connectivity index (χ1) is 16.8. The first kappa shape index (κ1) is 24.2. The summed E-state index contributed by atoms with van der Waals surface area (Å²) in [5, 5.41) is 21.9. The van der Waals surface area contributed by atoms with Gasteiger partial charge in [0.05, 0.1) is 25.8 Å². The summed E-state index contributed by atoms with van der Waals surface area (Å²) in [6.45, 7) is 0.218. The van der Waals surface area contributed by atoms with E-state index >= 15 is 0 Å². The van der Waals surface area contributed by atoms with E-state index in [4.69, 9.17) is 21.1 Å². The molecule has 1 amide bonds. The number of aliphatic hydroxyl groups excluding tert-OH is 1. The minimum atomic E-state index is -0.887. The van der Waals surface area contributed by atoms with Crippen LogP contribution in [0.1, 0.15) is 22.7 Å². The van der Waals surface area contributed by atoms with Crippen LogP contribution >= 0.6 is 11.6 Å². The van der Waals surface area contributed by atoms with Crippen LogP contribution in [0.2, 0.25) is 5.02 Å². The predicted octanol–water partition coefficient (Wildman–Crippen LogP) is 4.73. The van der Waals surface area contributed by atoms with Crippen molar-refractivity contribution in [3.63, 3.8) is 0 Å². The molecule has 1 fully saturated rings. The third kappa shape index (κ3) is 4.81. The fourth-order valence-corrected chi connectivity index (χ4v) is 4.32. The number of aliphatic hydroxyl groups is 1. The van der Waals surface area contributed by atoms with Crippen LogP contribution < -0.4 is 9.47 Å². The maximum absolute atomic E-state index is 13.2. The van der Waals surface area contributed by atoms with Crippen molar-refractivity contribution in [2.24, 2.45) is 0 Å². The van der Waals surface area contributed by atoms with Crippen molar-refractivity contribution in [1.82, 2.24) is 4.90 Å². The second-order valence-corrected chi connectivity index (χ2v) is 8.47. The van der Waals surface area contributed by atoms with Crippen LogP contribution in [0.3, 0.4) is 0 Å². The molecule has 0 aromatic heterocycles. The molecule has 0 saturated carbocycles. The molecule has 1 atom stereocenters. The Hall–Kier alpha value is -3.97. The van der Waals surface area contributed by atoms with Gasteiger partial charge in [-0.15, -0.1) is 0 Å². The van der Waals surface area contributed by atoms with Gasteiger partial charge >= 0.3 is 0 Å². The summed E-state index contributed by atoms with van der Waals surface area (Å²) in [7, 11) is 2.95. The average Bonchev–Trinajstić information content (AvgIpc) is 3.12. The predicted molar refractivity (Wildman–Crippen MR) is 132 cm³/mol. The van der Waals surface area contributed by atoms with Crippen molar-refractivity contribution in [3.8, 4) is 17.2 Å². The summed E-state index contributed by atoms with van der Waals surface area (Å²) < 4.78 is 10.6. The van der Waals surface area contributed by atoms with Crippen molar-refractivity contribution in [3.05, 3.63) is 94.0 Å². The molecule has 0 bridgehead atoms. The molecule has 1 aliphatic heterocycles. The normalized spacial score (nSPS) is 17.0. The molecule has 3 aromatic rings. The van der Waals surface area contributed by atoms with Gasteiger partial charge < -0.3 is 24.6 Å². The first-order valence-electron chi connectivity index (χ1n) is 10.9. The summed E-state index contributed by atoms with van der Waals surface area (Å²) in [5.41, 5.74) is 1.67. The van der Waals surface area contributed by atoms with E-state index in [1.165, 1.54) is 37.3 Å². The minimum absolute atomic E-state index is 0.0168. The third-order valence-electron chi connectivity index (χ3n) is 5.94. The molecule has 0 spiro atoms. The average molecular weight is 494 g/mol. The van der Waals surface area contributed by atoms with E-state index in [9.17, 15) is 19.8 Å². The number of hydrogen-bond donors (Lipinski definition) is 2. The topological polar surface area (TPSA) is 96.3 Å². The van der Waals surface area contributed by atoms with Gasteiger partial charge in [0.1, 0.15) is 11.5 Å². The SMILES string of the molecule is COc1ccc(/C(O)=C2/C(=O)C(=O)N(CCc3ccc(Cl)cc3)C2c2cccc(O)c2)cc1OC. The van der Waals surface area contributed by atoms with Gasteiger partial charge in [-0.05, 0) is 60.0 Å². The Morgan fingerprint density at radius 1 is 0.971 bits per heavy atom. The zero-order valence-corrected chi connectivity index (χ0v) is 20.0. The van der Waals surface area contributed by atoms with Gasteiger partial charge in [0.25, 0.3) is 11.7 Å². The minimum Gasteiger partial charge on any atom is -0.508 e. The van der Waals surface area contributed by atoms with Crippen LogP contribution in [0, 0.1) is 0 Å². The van der Waals surface area contributed by atoms with E-state index < -0.39 is 17.7 Å². The Bertz CT molecular complexity index is 1300. The van der Waals surface area contributed by atoms with E-state index in [0.29, 0.717) is 34.1 Å². The van der Waals surface area contributed by atoms with E-state index in [1.807, 2.05) is 12.1 Å². The molecular formula is C27H24ClNO6. The monoisotopic (exact) mass is 493 g/mol. The number of carbonyl (C=O) groups is 2. The zero-order valence-electron chi connectivity index (χ0n) is 19.2. The molecule has 1 saturated heterocycles. The Morgan fingerprint density at radius 3 is 2.34 bits per heavy atom. The highest BCUT2D eigenvalue weighted by Crippen LogP contribution is 2.41. The molecule has 1 heterocycles. The standard InChI is InChI=1S/C27H24ClNO6/c1-34-21-11-8-18(15-22(21)35-2)25(31)23-24(17-4-3-5-20(30)14-17)29(27(33)26(23)32)13-12-16-6-9-19(28)10-7-16/h3-11,14-15,24,30-31H,12-13H2,1-2H3/b25-23-. The van der Waals surface area contributed by atoms with Crippen molar-refractivity contribution in [2.45, 2.75) is 12.5 Å². The number of Topliss-reactive ketones (excluding diaryl/α,β-unsaturated/α-hetero) is 1. The molecule has 0 radical (unpaired) electrons. The summed E-state index contributed by atoms with van der Waals surface area (Å²) >= 11 is 5.97.